The summed E-state index contributed by atoms with van der Waals surface area (Å²) in [6.07, 6.45) is 23.5. The molecule has 3 fully saturated rings. The molecule has 182 valence electrons. The molecule has 0 atom stereocenters. The van der Waals surface area contributed by atoms with E-state index in [2.05, 4.69) is 43.3 Å². The van der Waals surface area contributed by atoms with E-state index in [4.69, 9.17) is 4.74 Å². The van der Waals surface area contributed by atoms with Gasteiger partial charge in [-0.15, -0.1) is 0 Å². The van der Waals surface area contributed by atoms with Gasteiger partial charge in [0.15, 0.2) is 0 Å². The minimum Gasteiger partial charge on any atom is -0.469 e. The molecule has 0 unspecified atom stereocenters. The molecule has 0 aliphatic heterocycles. The van der Waals surface area contributed by atoms with Crippen LogP contribution in [0.15, 0.2) is 30.3 Å². The van der Waals surface area contributed by atoms with Gasteiger partial charge in [0, 0.05) is 0 Å². The number of carbonyl (C=O) groups excluding carboxylic acids is 1. The van der Waals surface area contributed by atoms with Crippen molar-refractivity contribution >= 4 is 12.0 Å². The van der Waals surface area contributed by atoms with Gasteiger partial charge in [0.2, 0.25) is 0 Å². The number of allylic oxidation sites excluding steroid dienone is 1. The molecule has 0 saturated heterocycles. The van der Waals surface area contributed by atoms with Crippen molar-refractivity contribution in [1.82, 2.24) is 0 Å². The summed E-state index contributed by atoms with van der Waals surface area (Å²) in [5.41, 5.74) is 2.77. The first kappa shape index (κ1) is 24.6. The van der Waals surface area contributed by atoms with Crippen LogP contribution in [0.5, 0.6) is 0 Å². The van der Waals surface area contributed by atoms with E-state index in [0.717, 1.165) is 49.4 Å². The summed E-state index contributed by atoms with van der Waals surface area (Å²) in [6, 6.07) is 9.21. The molecule has 0 radical (unpaired) electrons. The van der Waals surface area contributed by atoms with Crippen LogP contribution in [0, 0.1) is 29.6 Å². The predicted octanol–water partition coefficient (Wildman–Crippen LogP) is 8.56. The molecule has 0 bridgehead atoms. The van der Waals surface area contributed by atoms with Crippen LogP contribution in [0.3, 0.4) is 0 Å². The van der Waals surface area contributed by atoms with Gasteiger partial charge in [-0.2, -0.15) is 0 Å². The predicted molar refractivity (Wildman–Crippen MR) is 138 cm³/mol. The summed E-state index contributed by atoms with van der Waals surface area (Å²) < 4.78 is 4.93. The third-order valence-electron chi connectivity index (χ3n) is 9.30. The molecule has 0 amide bonds. The van der Waals surface area contributed by atoms with Gasteiger partial charge in [0.1, 0.15) is 0 Å². The molecule has 3 aliphatic carbocycles. The molecular weight excluding hydrogens is 404 g/mol. The van der Waals surface area contributed by atoms with Crippen LogP contribution in [0.1, 0.15) is 114 Å². The van der Waals surface area contributed by atoms with Crippen LogP contribution in [0.4, 0.5) is 0 Å². The van der Waals surface area contributed by atoms with Crippen molar-refractivity contribution in [3.8, 4) is 0 Å². The normalized spacial score (nSPS) is 33.2. The lowest BCUT2D eigenvalue weighted by atomic mass is 9.68. The number of esters is 1. The first-order chi connectivity index (χ1) is 16.2. The van der Waals surface area contributed by atoms with Crippen molar-refractivity contribution in [2.45, 2.75) is 103 Å². The minimum absolute atomic E-state index is 0.0256. The second-order valence-corrected chi connectivity index (χ2v) is 11.3. The highest BCUT2D eigenvalue weighted by Crippen LogP contribution is 2.42. The van der Waals surface area contributed by atoms with Gasteiger partial charge in [-0.1, -0.05) is 69.0 Å². The molecule has 2 heteroatoms. The van der Waals surface area contributed by atoms with E-state index >= 15 is 0 Å². The standard InChI is InChI=1S/C31H46O2/c1-3-4-23-7-13-26(14-8-23)27-15-9-24(10-16-27)5-6-25-11-17-28(18-12-25)29-19-21-30(22-20-29)31(32)33-2/h5-6,11-12,17-18,23-24,26-27,29-30H,3-4,7-10,13-16,19-22H2,1-2H3/b6-5+. The molecule has 33 heavy (non-hydrogen) atoms. The molecule has 3 saturated carbocycles. The Morgan fingerprint density at radius 1 is 0.848 bits per heavy atom. The van der Waals surface area contributed by atoms with Crippen molar-refractivity contribution in [3.05, 3.63) is 41.5 Å². The first-order valence-electron chi connectivity index (χ1n) is 14.0. The highest BCUT2D eigenvalue weighted by atomic mass is 16.5. The fourth-order valence-corrected chi connectivity index (χ4v) is 7.12. The zero-order valence-electron chi connectivity index (χ0n) is 21.1. The summed E-state index contributed by atoms with van der Waals surface area (Å²) in [5.74, 6) is 4.51. The van der Waals surface area contributed by atoms with Gasteiger partial charge in [0.25, 0.3) is 0 Å². The minimum atomic E-state index is -0.0256. The average molecular weight is 451 g/mol. The lowest BCUT2D eigenvalue weighted by Crippen LogP contribution is -2.25. The van der Waals surface area contributed by atoms with Crippen molar-refractivity contribution < 1.29 is 9.53 Å². The quantitative estimate of drug-likeness (QED) is 0.389. The van der Waals surface area contributed by atoms with E-state index in [1.165, 1.54) is 82.4 Å². The van der Waals surface area contributed by atoms with Crippen molar-refractivity contribution in [2.24, 2.45) is 29.6 Å². The van der Waals surface area contributed by atoms with Crippen LogP contribution >= 0.6 is 0 Å². The summed E-state index contributed by atoms with van der Waals surface area (Å²) in [5, 5.41) is 0. The van der Waals surface area contributed by atoms with Gasteiger partial charge >= 0.3 is 5.97 Å². The average Bonchev–Trinajstić information content (AvgIpc) is 2.88. The lowest BCUT2D eigenvalue weighted by Gasteiger charge is -2.37. The van der Waals surface area contributed by atoms with E-state index < -0.39 is 0 Å². The van der Waals surface area contributed by atoms with Crippen molar-refractivity contribution in [2.75, 3.05) is 7.11 Å². The number of rotatable bonds is 7. The Balaban J connectivity index is 1.19. The summed E-state index contributed by atoms with van der Waals surface area (Å²) >= 11 is 0. The highest BCUT2D eigenvalue weighted by Gasteiger charge is 2.30. The van der Waals surface area contributed by atoms with E-state index in [9.17, 15) is 4.79 Å². The van der Waals surface area contributed by atoms with Gasteiger partial charge in [-0.25, -0.2) is 0 Å². The molecule has 1 aromatic carbocycles. The Morgan fingerprint density at radius 2 is 1.45 bits per heavy atom. The monoisotopic (exact) mass is 450 g/mol. The Labute approximate surface area is 202 Å². The molecule has 4 rings (SSSR count). The SMILES string of the molecule is CCCC1CCC(C2CCC(/C=C/c3ccc(C4CCC(C(=O)OC)CC4)cc3)CC2)CC1. The fraction of sp³-hybridized carbons (Fsp3) is 0.710. The largest absolute Gasteiger partial charge is 0.469 e. The highest BCUT2D eigenvalue weighted by molar-refractivity contribution is 5.72. The van der Waals surface area contributed by atoms with Gasteiger partial charge in [-0.3, -0.25) is 4.79 Å². The molecular formula is C31H46O2. The second-order valence-electron chi connectivity index (χ2n) is 11.3. The van der Waals surface area contributed by atoms with Gasteiger partial charge in [0.05, 0.1) is 13.0 Å². The number of hydrogen-bond donors (Lipinski definition) is 0. The van der Waals surface area contributed by atoms with Crippen molar-refractivity contribution in [1.29, 1.82) is 0 Å². The molecule has 1 aromatic rings. The summed E-state index contributed by atoms with van der Waals surface area (Å²) in [4.78, 5) is 11.8. The Hall–Kier alpha value is -1.57. The Bertz CT molecular complexity index is 740. The van der Waals surface area contributed by atoms with Gasteiger partial charge < -0.3 is 4.74 Å². The first-order valence-corrected chi connectivity index (χ1v) is 14.0. The van der Waals surface area contributed by atoms with Crippen LogP contribution in [-0.4, -0.2) is 13.1 Å². The van der Waals surface area contributed by atoms with Crippen molar-refractivity contribution in [3.63, 3.8) is 0 Å². The Morgan fingerprint density at radius 3 is 2.03 bits per heavy atom. The smallest absolute Gasteiger partial charge is 0.308 e. The van der Waals surface area contributed by atoms with E-state index in [0.29, 0.717) is 5.92 Å². The molecule has 0 heterocycles. The van der Waals surface area contributed by atoms with Crippen LogP contribution in [0.2, 0.25) is 0 Å². The van der Waals surface area contributed by atoms with E-state index in [1.807, 2.05) is 0 Å². The number of ether oxygens (including phenoxy) is 1. The zero-order valence-corrected chi connectivity index (χ0v) is 21.1. The molecule has 3 aliphatic rings. The molecule has 0 aromatic heterocycles. The third-order valence-corrected chi connectivity index (χ3v) is 9.30. The fourth-order valence-electron chi connectivity index (χ4n) is 7.12. The summed E-state index contributed by atoms with van der Waals surface area (Å²) in [7, 11) is 1.51. The van der Waals surface area contributed by atoms with Crippen LogP contribution < -0.4 is 0 Å². The number of hydrogen-bond acceptors (Lipinski definition) is 2. The molecule has 0 N–H and O–H groups in total. The van der Waals surface area contributed by atoms with Gasteiger partial charge in [-0.05, 0) is 105 Å². The van der Waals surface area contributed by atoms with Crippen LogP contribution in [-0.2, 0) is 9.53 Å². The zero-order chi connectivity index (χ0) is 23.0. The summed E-state index contributed by atoms with van der Waals surface area (Å²) in [6.45, 7) is 2.34. The third kappa shape index (κ3) is 6.74. The van der Waals surface area contributed by atoms with Crippen LogP contribution in [0.25, 0.3) is 6.08 Å². The van der Waals surface area contributed by atoms with E-state index in [-0.39, 0.29) is 11.9 Å². The maximum Gasteiger partial charge on any atom is 0.308 e. The number of carbonyl (C=O) groups is 1. The maximum absolute atomic E-state index is 11.8. The number of methoxy groups -OCH3 is 1. The number of benzene rings is 1. The lowest BCUT2D eigenvalue weighted by molar-refractivity contribution is -0.146. The molecule has 0 spiro atoms. The topological polar surface area (TPSA) is 26.3 Å². The Kier molecular flexibility index (Phi) is 9.10. The second kappa shape index (κ2) is 12.2. The van der Waals surface area contributed by atoms with E-state index in [1.54, 1.807) is 0 Å². The molecule has 2 nitrogen and oxygen atoms in total. The maximum atomic E-state index is 11.8.